The fourth-order valence-electron chi connectivity index (χ4n) is 1.29. The van der Waals surface area contributed by atoms with Gasteiger partial charge in [-0.1, -0.05) is 15.9 Å². The van der Waals surface area contributed by atoms with Crippen LogP contribution in [0.1, 0.15) is 26.7 Å². The third kappa shape index (κ3) is 6.63. The Morgan fingerprint density at radius 1 is 1.18 bits per heavy atom. The van der Waals surface area contributed by atoms with Gasteiger partial charge in [0.2, 0.25) is 0 Å². The zero-order valence-electron chi connectivity index (χ0n) is 10.1. The van der Waals surface area contributed by atoms with Gasteiger partial charge in [-0.3, -0.25) is 9.59 Å². The summed E-state index contributed by atoms with van der Waals surface area (Å²) in [6, 6.07) is 0. The molecular weight excluding hydrogens is 292 g/mol. The van der Waals surface area contributed by atoms with E-state index in [4.69, 9.17) is 14.6 Å². The minimum atomic E-state index is -0.925. The summed E-state index contributed by atoms with van der Waals surface area (Å²) in [6.07, 6.45) is 0.730. The summed E-state index contributed by atoms with van der Waals surface area (Å²) in [6.45, 7) is 3.80. The molecule has 17 heavy (non-hydrogen) atoms. The van der Waals surface area contributed by atoms with Gasteiger partial charge < -0.3 is 14.6 Å². The van der Waals surface area contributed by atoms with Crippen LogP contribution in [0.25, 0.3) is 0 Å². The van der Waals surface area contributed by atoms with Crippen LogP contribution in [0.3, 0.4) is 0 Å². The topological polar surface area (TPSA) is 72.8 Å². The van der Waals surface area contributed by atoms with E-state index in [9.17, 15) is 9.59 Å². The molecule has 0 heterocycles. The molecule has 0 amide bonds. The quantitative estimate of drug-likeness (QED) is 0.415. The van der Waals surface area contributed by atoms with E-state index in [0.717, 1.165) is 0 Å². The van der Waals surface area contributed by atoms with Gasteiger partial charge in [0.15, 0.2) is 5.92 Å². The summed E-state index contributed by atoms with van der Waals surface area (Å²) in [7, 11) is 0. The molecule has 100 valence electrons. The number of rotatable bonds is 8. The molecule has 0 radical (unpaired) electrons. The number of hydrogen-bond donors (Lipinski definition) is 1. The lowest BCUT2D eigenvalue weighted by molar-refractivity contribution is -0.161. The molecule has 0 aliphatic heterocycles. The summed E-state index contributed by atoms with van der Waals surface area (Å²) in [5.41, 5.74) is 0. The van der Waals surface area contributed by atoms with Crippen molar-refractivity contribution in [1.82, 2.24) is 0 Å². The lowest BCUT2D eigenvalue weighted by atomic mass is 10.0. The van der Waals surface area contributed by atoms with E-state index in [1.807, 2.05) is 0 Å². The highest BCUT2D eigenvalue weighted by Crippen LogP contribution is 2.19. The summed E-state index contributed by atoms with van der Waals surface area (Å²) in [5.74, 6) is -2.08. The maximum Gasteiger partial charge on any atom is 0.320 e. The Kier molecular flexibility index (Phi) is 9.07. The van der Waals surface area contributed by atoms with Crippen LogP contribution in [0.15, 0.2) is 0 Å². The van der Waals surface area contributed by atoms with Crippen molar-refractivity contribution in [3.63, 3.8) is 0 Å². The molecular formula is C11H19BrO5. The lowest BCUT2D eigenvalue weighted by Gasteiger charge is -2.16. The predicted octanol–water partition coefficient (Wildman–Crippen LogP) is 1.26. The highest BCUT2D eigenvalue weighted by atomic mass is 79.9. The molecule has 0 spiro atoms. The fraction of sp³-hybridized carbons (Fsp3) is 0.818. The Morgan fingerprint density at radius 2 is 1.65 bits per heavy atom. The van der Waals surface area contributed by atoms with Crippen LogP contribution >= 0.6 is 15.9 Å². The van der Waals surface area contributed by atoms with Crippen LogP contribution < -0.4 is 0 Å². The number of ether oxygens (including phenoxy) is 2. The van der Waals surface area contributed by atoms with Gasteiger partial charge in [-0.2, -0.15) is 0 Å². The van der Waals surface area contributed by atoms with Crippen LogP contribution in [0.5, 0.6) is 0 Å². The first-order valence-corrected chi connectivity index (χ1v) is 6.56. The van der Waals surface area contributed by atoms with Crippen LogP contribution in [0.4, 0.5) is 0 Å². The molecule has 5 nitrogen and oxygen atoms in total. The molecule has 0 fully saturated rings. The Balaban J connectivity index is 4.49. The average molecular weight is 311 g/mol. The minimum Gasteiger partial charge on any atom is -0.465 e. The van der Waals surface area contributed by atoms with Crippen LogP contribution in [-0.2, 0) is 19.1 Å². The number of carbonyl (C=O) groups excluding carboxylic acids is 2. The Hall–Kier alpha value is -0.620. The van der Waals surface area contributed by atoms with E-state index in [1.54, 1.807) is 13.8 Å². The summed E-state index contributed by atoms with van der Waals surface area (Å²) >= 11 is 3.30. The van der Waals surface area contributed by atoms with E-state index < -0.39 is 17.9 Å². The largest absolute Gasteiger partial charge is 0.465 e. The first kappa shape index (κ1) is 16.4. The molecule has 0 aromatic heterocycles. The molecule has 0 unspecified atom stereocenters. The molecule has 0 aliphatic rings. The third-order valence-electron chi connectivity index (χ3n) is 2.08. The number of carbonyl (C=O) groups is 2. The summed E-state index contributed by atoms with van der Waals surface area (Å²) in [5, 5.41) is 8.77. The summed E-state index contributed by atoms with van der Waals surface area (Å²) in [4.78, 5) is 23.1. The van der Waals surface area contributed by atoms with Crippen LogP contribution in [-0.4, -0.2) is 41.7 Å². The first-order valence-electron chi connectivity index (χ1n) is 5.64. The summed E-state index contributed by atoms with van der Waals surface area (Å²) < 4.78 is 9.65. The van der Waals surface area contributed by atoms with Crippen molar-refractivity contribution in [2.45, 2.75) is 31.5 Å². The standard InChI is InChI=1S/C11H19BrO5/c1-3-16-10(14)9(11(15)17-4-2)7-8(12)5-6-13/h8-9,13H,3-7H2,1-2H3/t8-/m1/s1. The van der Waals surface area contributed by atoms with Gasteiger partial charge in [0.25, 0.3) is 0 Å². The number of aliphatic hydroxyl groups is 1. The molecule has 0 saturated carbocycles. The van der Waals surface area contributed by atoms with Gasteiger partial charge >= 0.3 is 11.9 Å². The molecule has 1 atom stereocenters. The smallest absolute Gasteiger partial charge is 0.320 e. The van der Waals surface area contributed by atoms with Crippen molar-refractivity contribution in [2.75, 3.05) is 19.8 Å². The van der Waals surface area contributed by atoms with E-state index in [0.29, 0.717) is 6.42 Å². The number of halogens is 1. The maximum atomic E-state index is 11.6. The second-order valence-electron chi connectivity index (χ2n) is 3.40. The number of esters is 2. The average Bonchev–Trinajstić information content (AvgIpc) is 2.26. The van der Waals surface area contributed by atoms with Gasteiger partial charge in [-0.05, 0) is 26.7 Å². The van der Waals surface area contributed by atoms with Crippen molar-refractivity contribution >= 4 is 27.9 Å². The molecule has 0 aromatic carbocycles. The Morgan fingerprint density at radius 3 is 2.00 bits per heavy atom. The second kappa shape index (κ2) is 9.41. The predicted molar refractivity (Wildman–Crippen MR) is 65.8 cm³/mol. The van der Waals surface area contributed by atoms with Gasteiger partial charge in [0, 0.05) is 11.4 Å². The van der Waals surface area contributed by atoms with E-state index in [2.05, 4.69) is 15.9 Å². The highest BCUT2D eigenvalue weighted by molar-refractivity contribution is 9.09. The van der Waals surface area contributed by atoms with Crippen LogP contribution in [0, 0.1) is 5.92 Å². The highest BCUT2D eigenvalue weighted by Gasteiger charge is 2.31. The van der Waals surface area contributed by atoms with Gasteiger partial charge in [-0.25, -0.2) is 0 Å². The lowest BCUT2D eigenvalue weighted by Crippen LogP contribution is -2.30. The van der Waals surface area contributed by atoms with Crippen LogP contribution in [0.2, 0.25) is 0 Å². The number of aliphatic hydroxyl groups excluding tert-OH is 1. The molecule has 0 bridgehead atoms. The Labute approximate surface area is 110 Å². The molecule has 1 N–H and O–H groups in total. The van der Waals surface area contributed by atoms with E-state index in [-0.39, 0.29) is 31.1 Å². The first-order chi connectivity index (χ1) is 8.06. The molecule has 6 heteroatoms. The van der Waals surface area contributed by atoms with Crippen molar-refractivity contribution in [3.8, 4) is 0 Å². The maximum absolute atomic E-state index is 11.6. The van der Waals surface area contributed by atoms with Crippen molar-refractivity contribution in [1.29, 1.82) is 0 Å². The SMILES string of the molecule is CCOC(=O)C(C[C@H](Br)CCO)C(=O)OCC. The van der Waals surface area contributed by atoms with Gasteiger partial charge in [-0.15, -0.1) is 0 Å². The van der Waals surface area contributed by atoms with E-state index >= 15 is 0 Å². The fourth-order valence-corrected chi connectivity index (χ4v) is 1.87. The minimum absolute atomic E-state index is 0.00567. The second-order valence-corrected chi connectivity index (χ2v) is 4.70. The van der Waals surface area contributed by atoms with Gasteiger partial charge in [0.05, 0.1) is 13.2 Å². The molecule has 0 aliphatic carbocycles. The number of hydrogen-bond acceptors (Lipinski definition) is 5. The molecule has 0 rings (SSSR count). The zero-order chi connectivity index (χ0) is 13.3. The van der Waals surface area contributed by atoms with E-state index in [1.165, 1.54) is 0 Å². The Bertz CT molecular complexity index is 226. The number of alkyl halides is 1. The molecule has 0 aromatic rings. The van der Waals surface area contributed by atoms with Crippen molar-refractivity contribution < 1.29 is 24.2 Å². The normalized spacial score (nSPS) is 12.3. The van der Waals surface area contributed by atoms with Crippen molar-refractivity contribution in [3.05, 3.63) is 0 Å². The van der Waals surface area contributed by atoms with Gasteiger partial charge in [0.1, 0.15) is 0 Å². The monoisotopic (exact) mass is 310 g/mol. The third-order valence-corrected chi connectivity index (χ3v) is 2.91. The zero-order valence-corrected chi connectivity index (χ0v) is 11.7. The van der Waals surface area contributed by atoms with Crippen molar-refractivity contribution in [2.24, 2.45) is 5.92 Å². The molecule has 0 saturated heterocycles.